The Balaban J connectivity index is 1.43. The highest BCUT2D eigenvalue weighted by molar-refractivity contribution is 7.21. The van der Waals surface area contributed by atoms with Crippen molar-refractivity contribution in [2.24, 2.45) is 0 Å². The lowest BCUT2D eigenvalue weighted by Crippen LogP contribution is -2.42. The lowest BCUT2D eigenvalue weighted by molar-refractivity contribution is -0.122. The molecule has 0 unspecified atom stereocenters. The molecule has 2 aromatic heterocycles. The monoisotopic (exact) mass is 342 g/mol. The summed E-state index contributed by atoms with van der Waals surface area (Å²) in [5.41, 5.74) is 0.938. The molecule has 0 radical (unpaired) electrons. The van der Waals surface area contributed by atoms with E-state index in [1.165, 1.54) is 0 Å². The number of carbonyl (C=O) groups excluding carboxylic acids is 2. The van der Waals surface area contributed by atoms with Crippen LogP contribution < -0.4 is 16.0 Å². The fourth-order valence-corrected chi connectivity index (χ4v) is 3.40. The van der Waals surface area contributed by atoms with Gasteiger partial charge in [0.1, 0.15) is 11.8 Å². The number of thiazole rings is 1. The molecule has 3 N–H and O–H groups in total. The van der Waals surface area contributed by atoms with Crippen molar-refractivity contribution in [3.05, 3.63) is 42.2 Å². The number of nitrogens with one attached hydrogen (secondary N) is 3. The van der Waals surface area contributed by atoms with Crippen LogP contribution in [0.4, 0.5) is 4.79 Å². The molecule has 3 amide bonds. The van der Waals surface area contributed by atoms with Crippen molar-refractivity contribution in [1.29, 1.82) is 0 Å². The van der Waals surface area contributed by atoms with Gasteiger partial charge in [-0.15, -0.1) is 11.3 Å². The van der Waals surface area contributed by atoms with Crippen molar-refractivity contribution >= 4 is 33.5 Å². The zero-order valence-corrected chi connectivity index (χ0v) is 13.4. The number of aromatic nitrogens is 1. The lowest BCUT2D eigenvalue weighted by atomic mass is 10.3. The summed E-state index contributed by atoms with van der Waals surface area (Å²) < 4.78 is 6.86. The number of nitrogens with zero attached hydrogens (tertiary/aromatic N) is 1. The number of furan rings is 1. The van der Waals surface area contributed by atoms with E-state index in [2.05, 4.69) is 20.9 Å². The van der Waals surface area contributed by atoms with Crippen LogP contribution in [0.1, 0.15) is 5.76 Å². The number of rotatable bonds is 4. The van der Waals surface area contributed by atoms with E-state index in [4.69, 9.17) is 4.42 Å². The zero-order chi connectivity index (χ0) is 16.5. The molecular formula is C16H14N4O3S. The Morgan fingerprint density at radius 1 is 1.33 bits per heavy atom. The highest BCUT2D eigenvalue weighted by Gasteiger charge is 2.26. The van der Waals surface area contributed by atoms with E-state index >= 15 is 0 Å². The predicted octanol–water partition coefficient (Wildman–Crippen LogP) is 1.85. The second kappa shape index (κ2) is 5.97. The number of hydrogen-bond donors (Lipinski definition) is 3. The second-order valence-corrected chi connectivity index (χ2v) is 6.41. The Labute approximate surface area is 141 Å². The molecule has 0 bridgehead atoms. The molecule has 24 heavy (non-hydrogen) atoms. The molecule has 1 fully saturated rings. The third-order valence-corrected chi connectivity index (χ3v) is 4.74. The van der Waals surface area contributed by atoms with E-state index < -0.39 is 6.04 Å². The Kier molecular flexibility index (Phi) is 3.66. The number of hydrogen-bond acceptors (Lipinski definition) is 5. The van der Waals surface area contributed by atoms with Gasteiger partial charge < -0.3 is 20.4 Å². The maximum Gasteiger partial charge on any atom is 0.315 e. The molecule has 7 nitrogen and oxygen atoms in total. The molecule has 1 aliphatic heterocycles. The molecular weight excluding hydrogens is 328 g/mol. The highest BCUT2D eigenvalue weighted by Crippen LogP contribution is 2.31. The van der Waals surface area contributed by atoms with Crippen molar-refractivity contribution in [2.45, 2.75) is 12.6 Å². The van der Waals surface area contributed by atoms with Crippen LogP contribution in [-0.2, 0) is 11.3 Å². The van der Waals surface area contributed by atoms with Crippen molar-refractivity contribution in [1.82, 2.24) is 20.9 Å². The molecule has 0 spiro atoms. The molecule has 122 valence electrons. The van der Waals surface area contributed by atoms with Crippen LogP contribution in [0.3, 0.4) is 0 Å². The van der Waals surface area contributed by atoms with Crippen molar-refractivity contribution in [2.75, 3.05) is 6.54 Å². The van der Waals surface area contributed by atoms with Crippen LogP contribution >= 0.6 is 11.3 Å². The van der Waals surface area contributed by atoms with Crippen molar-refractivity contribution < 1.29 is 14.0 Å². The van der Waals surface area contributed by atoms with Crippen LogP contribution in [0.25, 0.3) is 21.0 Å². The van der Waals surface area contributed by atoms with Crippen LogP contribution in [0.2, 0.25) is 0 Å². The van der Waals surface area contributed by atoms with Crippen LogP contribution in [0.15, 0.2) is 40.8 Å². The molecule has 3 heterocycles. The molecule has 4 rings (SSSR count). The summed E-state index contributed by atoms with van der Waals surface area (Å²) >= 11 is 1.56. The van der Waals surface area contributed by atoms with E-state index in [-0.39, 0.29) is 18.5 Å². The minimum atomic E-state index is -0.545. The summed E-state index contributed by atoms with van der Waals surface area (Å²) in [6.45, 7) is 0.551. The summed E-state index contributed by atoms with van der Waals surface area (Å²) in [7, 11) is 0. The number of amides is 3. The van der Waals surface area contributed by atoms with E-state index in [9.17, 15) is 9.59 Å². The van der Waals surface area contributed by atoms with E-state index in [0.29, 0.717) is 18.1 Å². The van der Waals surface area contributed by atoms with E-state index in [1.54, 1.807) is 11.3 Å². The van der Waals surface area contributed by atoms with Gasteiger partial charge >= 0.3 is 6.03 Å². The van der Waals surface area contributed by atoms with Gasteiger partial charge in [0.25, 0.3) is 0 Å². The predicted molar refractivity (Wildman–Crippen MR) is 89.5 cm³/mol. The molecule has 1 aromatic carbocycles. The van der Waals surface area contributed by atoms with Gasteiger partial charge in [-0.1, -0.05) is 12.1 Å². The Morgan fingerprint density at radius 3 is 3.00 bits per heavy atom. The number of urea groups is 1. The Morgan fingerprint density at radius 2 is 2.21 bits per heavy atom. The minimum Gasteiger partial charge on any atom is -0.457 e. The van der Waals surface area contributed by atoms with Crippen molar-refractivity contribution in [3.8, 4) is 10.8 Å². The van der Waals surface area contributed by atoms with Gasteiger partial charge in [-0.2, -0.15) is 0 Å². The van der Waals surface area contributed by atoms with Crippen LogP contribution in [0, 0.1) is 0 Å². The molecule has 1 aliphatic rings. The van der Waals surface area contributed by atoms with Gasteiger partial charge in [0, 0.05) is 6.54 Å². The summed E-state index contributed by atoms with van der Waals surface area (Å²) in [6, 6.07) is 10.7. The number of fused-ring (bicyclic) bond motifs is 1. The maximum absolute atomic E-state index is 11.9. The second-order valence-electron chi connectivity index (χ2n) is 5.38. The molecule has 8 heteroatoms. The first-order valence-electron chi connectivity index (χ1n) is 7.46. The first-order valence-corrected chi connectivity index (χ1v) is 8.27. The van der Waals surface area contributed by atoms with Gasteiger partial charge in [-0.3, -0.25) is 4.79 Å². The standard InChI is InChI=1S/C16H14N4O3S/c21-14(11-8-18-16(22)20-11)17-7-9-5-6-12(23-9)15-19-10-3-1-2-4-13(10)24-15/h1-6,11H,7-8H2,(H,17,21)(H2,18,20,22)/t11-/m1/s1. The molecule has 0 aliphatic carbocycles. The summed E-state index contributed by atoms with van der Waals surface area (Å²) in [5, 5.41) is 8.64. The highest BCUT2D eigenvalue weighted by atomic mass is 32.1. The van der Waals surface area contributed by atoms with Gasteiger partial charge in [0.2, 0.25) is 5.91 Å². The fraction of sp³-hybridized carbons (Fsp3) is 0.188. The fourth-order valence-electron chi connectivity index (χ4n) is 2.48. The summed E-state index contributed by atoms with van der Waals surface area (Å²) in [6.07, 6.45) is 0. The Bertz CT molecular complexity index is 884. The molecule has 1 atom stereocenters. The SMILES string of the molecule is O=C1NC[C@H](C(=O)NCc2ccc(-c3nc4ccccc4s3)o2)N1. The quantitative estimate of drug-likeness (QED) is 0.674. The normalized spacial score (nSPS) is 16.8. The minimum absolute atomic E-state index is 0.244. The lowest BCUT2D eigenvalue weighted by Gasteiger charge is -2.08. The largest absolute Gasteiger partial charge is 0.457 e. The smallest absolute Gasteiger partial charge is 0.315 e. The molecule has 1 saturated heterocycles. The van der Waals surface area contributed by atoms with Gasteiger partial charge in [-0.25, -0.2) is 9.78 Å². The number of benzene rings is 1. The van der Waals surface area contributed by atoms with Crippen LogP contribution in [0.5, 0.6) is 0 Å². The van der Waals surface area contributed by atoms with Gasteiger partial charge in [-0.05, 0) is 24.3 Å². The average molecular weight is 342 g/mol. The van der Waals surface area contributed by atoms with Gasteiger partial charge in [0.05, 0.1) is 16.8 Å². The topological polar surface area (TPSA) is 96.3 Å². The summed E-state index contributed by atoms with van der Waals surface area (Å²) in [4.78, 5) is 27.5. The molecule has 0 saturated carbocycles. The zero-order valence-electron chi connectivity index (χ0n) is 12.5. The molecule has 3 aromatic rings. The van der Waals surface area contributed by atoms with E-state index in [0.717, 1.165) is 15.2 Å². The first kappa shape index (κ1) is 14.7. The van der Waals surface area contributed by atoms with E-state index in [1.807, 2.05) is 36.4 Å². The maximum atomic E-state index is 11.9. The Hall–Kier alpha value is -2.87. The number of carbonyl (C=O) groups is 2. The van der Waals surface area contributed by atoms with Gasteiger partial charge in [0.15, 0.2) is 10.8 Å². The summed E-state index contributed by atoms with van der Waals surface area (Å²) in [5.74, 6) is 1.07. The average Bonchev–Trinajstić information content (AvgIpc) is 3.31. The van der Waals surface area contributed by atoms with Crippen LogP contribution in [-0.4, -0.2) is 29.5 Å². The van der Waals surface area contributed by atoms with Crippen molar-refractivity contribution in [3.63, 3.8) is 0 Å². The third-order valence-electron chi connectivity index (χ3n) is 3.69. The third kappa shape index (κ3) is 2.83. The number of para-hydroxylation sites is 1. The first-order chi connectivity index (χ1) is 11.7.